The molecule has 0 aliphatic rings. The molecule has 0 saturated carbocycles. The molecule has 0 unspecified atom stereocenters. The van der Waals surface area contributed by atoms with Crippen molar-refractivity contribution in [2.24, 2.45) is 0 Å². The third-order valence-electron chi connectivity index (χ3n) is 3.19. The van der Waals surface area contributed by atoms with Crippen molar-refractivity contribution in [2.45, 2.75) is 0 Å². The van der Waals surface area contributed by atoms with E-state index in [-0.39, 0.29) is 5.82 Å². The molecule has 0 spiro atoms. The topological polar surface area (TPSA) is 0 Å². The van der Waals surface area contributed by atoms with Crippen LogP contribution in [0.25, 0.3) is 22.3 Å². The first-order chi connectivity index (χ1) is 9.72. The maximum atomic E-state index is 13.4. The van der Waals surface area contributed by atoms with Gasteiger partial charge in [-0.1, -0.05) is 70.5 Å². The Labute approximate surface area is 126 Å². The molecule has 0 aliphatic carbocycles. The summed E-state index contributed by atoms with van der Waals surface area (Å²) in [6, 6.07) is 23.3. The molecule has 0 nitrogen and oxygen atoms in total. The first-order valence-corrected chi connectivity index (χ1v) is 7.14. The van der Waals surface area contributed by atoms with Gasteiger partial charge in [0.1, 0.15) is 5.82 Å². The minimum absolute atomic E-state index is 0.235. The van der Waals surface area contributed by atoms with Gasteiger partial charge in [-0.05, 0) is 40.5 Å². The van der Waals surface area contributed by atoms with Gasteiger partial charge in [0.05, 0.1) is 0 Å². The van der Waals surface area contributed by atoms with Crippen molar-refractivity contribution in [3.8, 4) is 22.3 Å². The molecule has 0 atom stereocenters. The van der Waals surface area contributed by atoms with E-state index in [4.69, 9.17) is 0 Å². The Balaban J connectivity index is 1.97. The summed E-state index contributed by atoms with van der Waals surface area (Å²) in [5.74, 6) is -0.235. The molecule has 0 heterocycles. The van der Waals surface area contributed by atoms with Crippen molar-refractivity contribution >= 4 is 15.9 Å². The number of halogens is 2. The lowest BCUT2D eigenvalue weighted by atomic mass is 10.0. The summed E-state index contributed by atoms with van der Waals surface area (Å²) in [6.45, 7) is 0. The van der Waals surface area contributed by atoms with Crippen molar-refractivity contribution < 1.29 is 4.39 Å². The van der Waals surface area contributed by atoms with Gasteiger partial charge in [-0.15, -0.1) is 0 Å². The summed E-state index contributed by atoms with van der Waals surface area (Å²) in [6.07, 6.45) is 0. The predicted molar refractivity (Wildman–Crippen MR) is 85.0 cm³/mol. The van der Waals surface area contributed by atoms with E-state index in [9.17, 15) is 4.39 Å². The molecule has 0 bridgehead atoms. The number of rotatable bonds is 2. The first kappa shape index (κ1) is 13.1. The fourth-order valence-electron chi connectivity index (χ4n) is 2.21. The second-order valence-electron chi connectivity index (χ2n) is 4.60. The molecule has 2 heteroatoms. The molecule has 0 amide bonds. The van der Waals surface area contributed by atoms with Gasteiger partial charge in [-0.3, -0.25) is 0 Å². The third-order valence-corrected chi connectivity index (χ3v) is 3.65. The lowest BCUT2D eigenvalue weighted by molar-refractivity contribution is 0.627. The SMILES string of the molecule is Fc1cc(Br)cc(-c2ccc(-c3ccccc3)cc2)c1. The summed E-state index contributed by atoms with van der Waals surface area (Å²) in [5.41, 5.74) is 4.21. The van der Waals surface area contributed by atoms with Gasteiger partial charge in [0, 0.05) is 4.47 Å². The fourth-order valence-corrected chi connectivity index (χ4v) is 2.67. The Kier molecular flexibility index (Phi) is 3.66. The van der Waals surface area contributed by atoms with E-state index in [2.05, 4.69) is 40.2 Å². The Bertz CT molecular complexity index is 698. The van der Waals surface area contributed by atoms with Crippen LogP contribution < -0.4 is 0 Å². The minimum Gasteiger partial charge on any atom is -0.207 e. The number of hydrogen-bond acceptors (Lipinski definition) is 0. The molecule has 20 heavy (non-hydrogen) atoms. The molecular weight excluding hydrogens is 315 g/mol. The predicted octanol–water partition coefficient (Wildman–Crippen LogP) is 5.92. The van der Waals surface area contributed by atoms with Gasteiger partial charge in [-0.25, -0.2) is 4.39 Å². The van der Waals surface area contributed by atoms with E-state index in [1.807, 2.05) is 36.4 Å². The molecule has 0 radical (unpaired) electrons. The standard InChI is InChI=1S/C18H12BrF/c19-17-10-16(11-18(20)12-17)15-8-6-14(7-9-15)13-4-2-1-3-5-13/h1-12H. The Morgan fingerprint density at radius 3 is 1.75 bits per heavy atom. The van der Waals surface area contributed by atoms with Crippen LogP contribution in [0.15, 0.2) is 77.3 Å². The summed E-state index contributed by atoms with van der Waals surface area (Å²) in [5, 5.41) is 0. The van der Waals surface area contributed by atoms with Crippen LogP contribution in [0.4, 0.5) is 4.39 Å². The monoisotopic (exact) mass is 326 g/mol. The quantitative estimate of drug-likeness (QED) is 0.548. The average molecular weight is 327 g/mol. The van der Waals surface area contributed by atoms with Crippen LogP contribution in [0.1, 0.15) is 0 Å². The Morgan fingerprint density at radius 1 is 0.600 bits per heavy atom. The highest BCUT2D eigenvalue weighted by atomic mass is 79.9. The number of hydrogen-bond donors (Lipinski definition) is 0. The molecule has 0 aliphatic heterocycles. The molecule has 0 fully saturated rings. The summed E-state index contributed by atoms with van der Waals surface area (Å²) < 4.78 is 14.2. The normalized spacial score (nSPS) is 10.5. The van der Waals surface area contributed by atoms with Gasteiger partial charge in [0.2, 0.25) is 0 Å². The maximum absolute atomic E-state index is 13.4. The van der Waals surface area contributed by atoms with Gasteiger partial charge in [0.15, 0.2) is 0 Å². The zero-order valence-corrected chi connectivity index (χ0v) is 12.3. The highest BCUT2D eigenvalue weighted by Crippen LogP contribution is 2.27. The van der Waals surface area contributed by atoms with Crippen molar-refractivity contribution in [1.29, 1.82) is 0 Å². The Hall–Kier alpha value is -1.93. The van der Waals surface area contributed by atoms with Crippen molar-refractivity contribution in [1.82, 2.24) is 0 Å². The van der Waals surface area contributed by atoms with Crippen molar-refractivity contribution in [2.75, 3.05) is 0 Å². The van der Waals surface area contributed by atoms with Crippen LogP contribution in [0.2, 0.25) is 0 Å². The smallest absolute Gasteiger partial charge is 0.124 e. The van der Waals surface area contributed by atoms with E-state index >= 15 is 0 Å². The highest BCUT2D eigenvalue weighted by molar-refractivity contribution is 9.10. The van der Waals surface area contributed by atoms with E-state index in [1.54, 1.807) is 6.07 Å². The molecule has 3 rings (SSSR count). The third kappa shape index (κ3) is 2.81. The van der Waals surface area contributed by atoms with E-state index in [0.717, 1.165) is 21.2 Å². The maximum Gasteiger partial charge on any atom is 0.124 e. The van der Waals surface area contributed by atoms with Crippen molar-refractivity contribution in [3.05, 3.63) is 83.1 Å². The minimum atomic E-state index is -0.235. The summed E-state index contributed by atoms with van der Waals surface area (Å²) in [4.78, 5) is 0. The zero-order valence-electron chi connectivity index (χ0n) is 10.7. The van der Waals surface area contributed by atoms with Crippen LogP contribution in [-0.4, -0.2) is 0 Å². The van der Waals surface area contributed by atoms with Crippen LogP contribution in [0.5, 0.6) is 0 Å². The van der Waals surface area contributed by atoms with Crippen molar-refractivity contribution in [3.63, 3.8) is 0 Å². The van der Waals surface area contributed by atoms with Gasteiger partial charge in [-0.2, -0.15) is 0 Å². The second kappa shape index (κ2) is 5.59. The second-order valence-corrected chi connectivity index (χ2v) is 5.52. The van der Waals surface area contributed by atoms with Gasteiger partial charge >= 0.3 is 0 Å². The summed E-state index contributed by atoms with van der Waals surface area (Å²) >= 11 is 3.32. The summed E-state index contributed by atoms with van der Waals surface area (Å²) in [7, 11) is 0. The fraction of sp³-hybridized carbons (Fsp3) is 0. The van der Waals surface area contributed by atoms with Gasteiger partial charge < -0.3 is 0 Å². The van der Waals surface area contributed by atoms with Crippen LogP contribution in [0.3, 0.4) is 0 Å². The number of benzene rings is 3. The molecule has 0 N–H and O–H groups in total. The molecule has 98 valence electrons. The zero-order chi connectivity index (χ0) is 13.9. The van der Waals surface area contributed by atoms with Crippen LogP contribution in [-0.2, 0) is 0 Å². The average Bonchev–Trinajstić information content (AvgIpc) is 2.47. The van der Waals surface area contributed by atoms with E-state index in [0.29, 0.717) is 0 Å². The lowest BCUT2D eigenvalue weighted by Gasteiger charge is -2.06. The largest absolute Gasteiger partial charge is 0.207 e. The molecule has 3 aromatic carbocycles. The molecule has 0 aromatic heterocycles. The highest BCUT2D eigenvalue weighted by Gasteiger charge is 2.03. The van der Waals surface area contributed by atoms with Gasteiger partial charge in [0.25, 0.3) is 0 Å². The van der Waals surface area contributed by atoms with E-state index < -0.39 is 0 Å². The molecular formula is C18H12BrF. The molecule has 0 saturated heterocycles. The van der Waals surface area contributed by atoms with E-state index in [1.165, 1.54) is 11.6 Å². The van der Waals surface area contributed by atoms with Crippen LogP contribution >= 0.6 is 15.9 Å². The Morgan fingerprint density at radius 2 is 1.15 bits per heavy atom. The molecule has 3 aromatic rings. The van der Waals surface area contributed by atoms with Crippen LogP contribution in [0, 0.1) is 5.82 Å². The first-order valence-electron chi connectivity index (χ1n) is 6.34. The lowest BCUT2D eigenvalue weighted by Crippen LogP contribution is -1.82.